The second-order valence-electron chi connectivity index (χ2n) is 9.63. The molecule has 9 heteroatoms. The van der Waals surface area contributed by atoms with Crippen molar-refractivity contribution >= 4 is 0 Å². The van der Waals surface area contributed by atoms with Crippen LogP contribution in [0, 0.1) is 5.82 Å². The van der Waals surface area contributed by atoms with Crippen molar-refractivity contribution in [1.82, 2.24) is 34.7 Å². The predicted octanol–water partition coefficient (Wildman–Crippen LogP) is 5.53. The van der Waals surface area contributed by atoms with Gasteiger partial charge < -0.3 is 0 Å². The summed E-state index contributed by atoms with van der Waals surface area (Å²) in [5, 5.41) is 14.3. The van der Waals surface area contributed by atoms with E-state index >= 15 is 4.39 Å². The maximum absolute atomic E-state index is 15.0. The van der Waals surface area contributed by atoms with E-state index in [1.54, 1.807) is 16.8 Å². The molecule has 3 aromatic heterocycles. The number of benzene rings is 2. The molecule has 8 nitrogen and oxygen atoms in total. The van der Waals surface area contributed by atoms with Gasteiger partial charge in [0.2, 0.25) is 5.82 Å². The average molecular weight is 512 g/mol. The van der Waals surface area contributed by atoms with Crippen LogP contribution in [-0.2, 0) is 13.0 Å². The van der Waals surface area contributed by atoms with Gasteiger partial charge in [-0.3, -0.25) is 14.1 Å². The number of hydrogen-bond acceptors (Lipinski definition) is 5. The normalized spacial score (nSPS) is 11.4. The van der Waals surface area contributed by atoms with E-state index in [1.807, 2.05) is 62.5 Å². The lowest BCUT2D eigenvalue weighted by molar-refractivity contribution is 0.606. The van der Waals surface area contributed by atoms with Crippen LogP contribution in [0.5, 0.6) is 0 Å². The lowest BCUT2D eigenvalue weighted by atomic mass is 10.0. The minimum Gasteiger partial charge on any atom is -0.292 e. The largest absolute Gasteiger partial charge is 0.333 e. The fourth-order valence-corrected chi connectivity index (χ4v) is 4.71. The number of imidazole rings is 1. The lowest BCUT2D eigenvalue weighted by Gasteiger charge is -2.13. The molecule has 0 aliphatic rings. The maximum Gasteiger partial charge on any atom is 0.333 e. The molecule has 0 saturated heterocycles. The van der Waals surface area contributed by atoms with Gasteiger partial charge in [-0.1, -0.05) is 63.6 Å². The first-order chi connectivity index (χ1) is 18.5. The fraction of sp³-hybridized carbons (Fsp3) is 0.276. The van der Waals surface area contributed by atoms with Gasteiger partial charge in [0.25, 0.3) is 0 Å². The smallest absolute Gasteiger partial charge is 0.292 e. The Morgan fingerprint density at radius 3 is 2.58 bits per heavy atom. The lowest BCUT2D eigenvalue weighted by Crippen LogP contribution is -2.26. The van der Waals surface area contributed by atoms with Crippen molar-refractivity contribution < 1.29 is 4.39 Å². The zero-order valence-corrected chi connectivity index (χ0v) is 21.7. The number of tetrazole rings is 1. The predicted molar refractivity (Wildman–Crippen MR) is 145 cm³/mol. The molecule has 0 bridgehead atoms. The molecule has 0 unspecified atom stereocenters. The number of H-pyrrole nitrogens is 1. The topological polar surface area (TPSA) is 94.3 Å². The highest BCUT2D eigenvalue weighted by Gasteiger charge is 2.20. The molecule has 0 radical (unpaired) electrons. The minimum absolute atomic E-state index is 0.0755. The summed E-state index contributed by atoms with van der Waals surface area (Å²) in [5.74, 6) is 0.153. The number of nitrogens with one attached hydrogen (secondary N) is 1. The molecule has 0 saturated carbocycles. The van der Waals surface area contributed by atoms with Gasteiger partial charge in [0.15, 0.2) is 0 Å². The van der Waals surface area contributed by atoms with Gasteiger partial charge in [-0.2, -0.15) is 5.21 Å². The molecule has 0 fully saturated rings. The first-order valence-corrected chi connectivity index (χ1v) is 12.9. The molecule has 0 atom stereocenters. The van der Waals surface area contributed by atoms with E-state index in [9.17, 15) is 4.79 Å². The van der Waals surface area contributed by atoms with Gasteiger partial charge in [-0.15, -0.1) is 10.2 Å². The summed E-state index contributed by atoms with van der Waals surface area (Å²) in [5.41, 5.74) is 5.17. The minimum atomic E-state index is -0.394. The van der Waals surface area contributed by atoms with Gasteiger partial charge in [-0.05, 0) is 53.3 Å². The molecule has 5 rings (SSSR count). The number of nitrogens with zero attached hydrogens (tertiary/aromatic N) is 6. The molecule has 5 aromatic rings. The van der Waals surface area contributed by atoms with Crippen LogP contribution in [-0.4, -0.2) is 34.7 Å². The Morgan fingerprint density at radius 1 is 1.05 bits per heavy atom. The SMILES string of the molecule is CCCCc1cn(-c2c(F)cccc2C(C)C)c(=O)n1Cc1ccc(-c2ncccc2-c2nn[nH]n2)cc1. The number of pyridine rings is 1. The number of aromatic amines is 1. The Balaban J connectivity index is 1.51. The number of unbranched alkanes of at least 4 members (excludes halogenated alkanes) is 1. The van der Waals surface area contributed by atoms with E-state index in [2.05, 4.69) is 32.5 Å². The zero-order valence-electron chi connectivity index (χ0n) is 21.7. The molecular formula is C29H30FN7O. The van der Waals surface area contributed by atoms with E-state index < -0.39 is 5.82 Å². The van der Waals surface area contributed by atoms with E-state index in [1.165, 1.54) is 10.6 Å². The fourth-order valence-electron chi connectivity index (χ4n) is 4.71. The molecule has 2 aromatic carbocycles. The van der Waals surface area contributed by atoms with Crippen molar-refractivity contribution in [3.63, 3.8) is 0 Å². The number of aryl methyl sites for hydroxylation is 1. The molecule has 38 heavy (non-hydrogen) atoms. The highest BCUT2D eigenvalue weighted by Crippen LogP contribution is 2.28. The number of halogens is 1. The van der Waals surface area contributed by atoms with Crippen LogP contribution < -0.4 is 5.69 Å². The first kappa shape index (κ1) is 25.3. The maximum atomic E-state index is 15.0. The van der Waals surface area contributed by atoms with E-state index in [-0.39, 0.29) is 11.6 Å². The van der Waals surface area contributed by atoms with Crippen molar-refractivity contribution in [2.75, 3.05) is 0 Å². The van der Waals surface area contributed by atoms with Crippen molar-refractivity contribution in [3.8, 4) is 28.3 Å². The van der Waals surface area contributed by atoms with Crippen LogP contribution in [0.2, 0.25) is 0 Å². The number of para-hydroxylation sites is 1. The van der Waals surface area contributed by atoms with Gasteiger partial charge in [0, 0.05) is 29.2 Å². The zero-order chi connectivity index (χ0) is 26.6. The summed E-state index contributed by atoms with van der Waals surface area (Å²) in [6.45, 7) is 6.51. The van der Waals surface area contributed by atoms with Crippen LogP contribution >= 0.6 is 0 Å². The van der Waals surface area contributed by atoms with Gasteiger partial charge in [-0.25, -0.2) is 9.18 Å². The van der Waals surface area contributed by atoms with Crippen molar-refractivity contribution in [2.45, 2.75) is 52.5 Å². The van der Waals surface area contributed by atoms with Crippen molar-refractivity contribution in [2.24, 2.45) is 0 Å². The Morgan fingerprint density at radius 2 is 1.87 bits per heavy atom. The highest BCUT2D eigenvalue weighted by molar-refractivity contribution is 5.76. The van der Waals surface area contributed by atoms with Crippen LogP contribution in [0.25, 0.3) is 28.3 Å². The molecule has 194 valence electrons. The summed E-state index contributed by atoms with van der Waals surface area (Å²) >= 11 is 0. The average Bonchev–Trinajstić information content (AvgIpc) is 3.57. The standard InChI is InChI=1S/C29H30FN7O/c1-4-5-8-22-18-37(27-23(19(2)3)9-6-11-25(27)30)29(38)36(22)17-20-12-14-21(15-13-20)26-24(10-7-16-31-26)28-32-34-35-33-28/h6-7,9-16,18-19H,4-5,8,17H2,1-3H3,(H,32,33,34,35). The third kappa shape index (κ3) is 4.91. The molecular weight excluding hydrogens is 481 g/mol. The Bertz CT molecular complexity index is 1580. The molecule has 3 heterocycles. The molecule has 0 aliphatic heterocycles. The quantitative estimate of drug-likeness (QED) is 0.281. The molecule has 0 aliphatic carbocycles. The van der Waals surface area contributed by atoms with Crippen molar-refractivity contribution in [3.05, 3.63) is 100 Å². The summed E-state index contributed by atoms with van der Waals surface area (Å²) in [4.78, 5) is 18.2. The third-order valence-corrected chi connectivity index (χ3v) is 6.69. The molecule has 1 N–H and O–H groups in total. The van der Waals surface area contributed by atoms with Crippen LogP contribution in [0.3, 0.4) is 0 Å². The number of rotatable bonds is 9. The van der Waals surface area contributed by atoms with Crippen LogP contribution in [0.15, 0.2) is 71.8 Å². The Hall–Kier alpha value is -4.40. The van der Waals surface area contributed by atoms with Crippen LogP contribution in [0.1, 0.15) is 56.4 Å². The highest BCUT2D eigenvalue weighted by atomic mass is 19.1. The Labute approximate surface area is 220 Å². The second kappa shape index (κ2) is 10.9. The summed E-state index contributed by atoms with van der Waals surface area (Å²) in [7, 11) is 0. The number of hydrogen-bond donors (Lipinski definition) is 1. The van der Waals surface area contributed by atoms with Gasteiger partial charge in [0.1, 0.15) is 5.82 Å². The van der Waals surface area contributed by atoms with Crippen molar-refractivity contribution in [1.29, 1.82) is 0 Å². The second-order valence-corrected chi connectivity index (χ2v) is 9.63. The number of aromatic nitrogens is 7. The third-order valence-electron chi connectivity index (χ3n) is 6.69. The molecule has 0 spiro atoms. The van der Waals surface area contributed by atoms with E-state index in [4.69, 9.17) is 0 Å². The summed E-state index contributed by atoms with van der Waals surface area (Å²) < 4.78 is 18.3. The van der Waals surface area contributed by atoms with E-state index in [0.29, 0.717) is 18.1 Å². The van der Waals surface area contributed by atoms with Gasteiger partial charge >= 0.3 is 5.69 Å². The first-order valence-electron chi connectivity index (χ1n) is 12.9. The van der Waals surface area contributed by atoms with Crippen LogP contribution in [0.4, 0.5) is 4.39 Å². The summed E-state index contributed by atoms with van der Waals surface area (Å²) in [6.07, 6.45) is 6.21. The molecule has 0 amide bonds. The summed E-state index contributed by atoms with van der Waals surface area (Å²) in [6, 6.07) is 16.6. The monoisotopic (exact) mass is 511 g/mol. The van der Waals surface area contributed by atoms with E-state index in [0.717, 1.165) is 52.9 Å². The Kier molecular flexibility index (Phi) is 7.26. The van der Waals surface area contributed by atoms with Gasteiger partial charge in [0.05, 0.1) is 17.9 Å².